The second-order valence-electron chi connectivity index (χ2n) is 4.96. The first-order valence-corrected chi connectivity index (χ1v) is 8.29. The predicted octanol–water partition coefficient (Wildman–Crippen LogP) is 2.67. The van der Waals surface area contributed by atoms with E-state index in [0.717, 1.165) is 0 Å². The van der Waals surface area contributed by atoms with Gasteiger partial charge in [-0.05, 0) is 26.3 Å². The minimum absolute atomic E-state index is 0.0111. The van der Waals surface area contributed by atoms with Crippen LogP contribution in [0, 0.1) is 0 Å². The lowest BCUT2D eigenvalue weighted by molar-refractivity contribution is -0.0130. The second-order valence-corrected chi connectivity index (χ2v) is 7.81. The fourth-order valence-electron chi connectivity index (χ4n) is 1.91. The Morgan fingerprint density at radius 3 is 2.55 bits per heavy atom. The minimum atomic E-state index is -3.70. The summed E-state index contributed by atoms with van der Waals surface area (Å²) in [5.74, 6) is 0. The minimum Gasteiger partial charge on any atom is -0.265 e. The number of nitrogens with one attached hydrogen (secondary N) is 1. The van der Waals surface area contributed by atoms with E-state index in [4.69, 9.17) is 28.0 Å². The maximum atomic E-state index is 12.6. The van der Waals surface area contributed by atoms with Crippen LogP contribution in [0.25, 0.3) is 0 Å². The van der Waals surface area contributed by atoms with Crippen LogP contribution in [0.3, 0.4) is 0 Å². The third-order valence-corrected chi connectivity index (χ3v) is 5.37. The molecular formula is C11H15Cl2N3O3S. The van der Waals surface area contributed by atoms with Crippen molar-refractivity contribution in [3.63, 3.8) is 0 Å². The van der Waals surface area contributed by atoms with Crippen molar-refractivity contribution >= 4 is 33.0 Å². The Hall–Kier alpha value is -0.760. The zero-order chi connectivity index (χ0) is 15.1. The first-order valence-electron chi connectivity index (χ1n) is 5.98. The van der Waals surface area contributed by atoms with E-state index in [2.05, 4.69) is 10.6 Å². The number of hydroxylamine groups is 1. The number of nitrogens with zero attached hydrogens (tertiary/aromatic N) is 2. The van der Waals surface area contributed by atoms with Gasteiger partial charge in [0.15, 0.2) is 15.6 Å². The van der Waals surface area contributed by atoms with Gasteiger partial charge in [-0.3, -0.25) is 10.3 Å². The highest BCUT2D eigenvalue weighted by Crippen LogP contribution is 2.32. The summed E-state index contributed by atoms with van der Waals surface area (Å²) in [6, 6.07) is 1.40. The summed E-state index contributed by atoms with van der Waals surface area (Å²) in [6.07, 6.45) is 1.81. The van der Waals surface area contributed by atoms with Gasteiger partial charge >= 0.3 is 0 Å². The summed E-state index contributed by atoms with van der Waals surface area (Å²) in [7, 11) is -3.70. The monoisotopic (exact) mass is 339 g/mol. The number of halogens is 2. The first kappa shape index (κ1) is 15.6. The van der Waals surface area contributed by atoms with E-state index in [0.29, 0.717) is 6.42 Å². The molecule has 2 rings (SSSR count). The Balaban J connectivity index is 2.44. The van der Waals surface area contributed by atoms with Gasteiger partial charge in [-0.1, -0.05) is 30.1 Å². The zero-order valence-corrected chi connectivity index (χ0v) is 13.6. The van der Waals surface area contributed by atoms with Crippen molar-refractivity contribution in [2.45, 2.75) is 38.2 Å². The summed E-state index contributed by atoms with van der Waals surface area (Å²) in [4.78, 5) is 5.19. The van der Waals surface area contributed by atoms with Crippen LogP contribution < -0.4 is 5.48 Å². The molecule has 0 bridgehead atoms. The molecule has 1 unspecified atom stereocenters. The van der Waals surface area contributed by atoms with Crippen LogP contribution in [0.4, 0.5) is 0 Å². The van der Waals surface area contributed by atoms with E-state index in [1.807, 2.05) is 0 Å². The Kier molecular flexibility index (Phi) is 4.07. The molecule has 0 aromatic carbocycles. The van der Waals surface area contributed by atoms with Crippen molar-refractivity contribution in [2.75, 3.05) is 0 Å². The maximum Gasteiger partial charge on any atom is 0.218 e. The van der Waals surface area contributed by atoms with Crippen LogP contribution in [-0.2, 0) is 14.7 Å². The molecule has 9 heteroatoms. The zero-order valence-electron chi connectivity index (χ0n) is 11.2. The van der Waals surface area contributed by atoms with Gasteiger partial charge in [-0.25, -0.2) is 13.1 Å². The van der Waals surface area contributed by atoms with Gasteiger partial charge in [-0.2, -0.15) is 5.10 Å². The van der Waals surface area contributed by atoms with E-state index in [9.17, 15) is 8.42 Å². The lowest BCUT2D eigenvalue weighted by Crippen LogP contribution is -2.27. The third-order valence-electron chi connectivity index (χ3n) is 2.84. The van der Waals surface area contributed by atoms with E-state index in [1.165, 1.54) is 16.8 Å². The molecule has 1 N–H and O–H groups in total. The van der Waals surface area contributed by atoms with E-state index < -0.39 is 20.8 Å². The van der Waals surface area contributed by atoms with Crippen molar-refractivity contribution < 1.29 is 13.3 Å². The lowest BCUT2D eigenvalue weighted by Gasteiger charge is -2.17. The molecule has 1 aliphatic rings. The molecule has 0 amide bonds. The first-order chi connectivity index (χ1) is 9.17. The van der Waals surface area contributed by atoms with Crippen molar-refractivity contribution in [1.82, 2.24) is 15.3 Å². The highest BCUT2D eigenvalue weighted by atomic mass is 35.5. The molecule has 0 radical (unpaired) electrons. The summed E-state index contributed by atoms with van der Waals surface area (Å²) in [5, 5.41) is 3.31. The van der Waals surface area contributed by atoms with Crippen LogP contribution in [0.2, 0.25) is 10.3 Å². The van der Waals surface area contributed by atoms with Gasteiger partial charge in [0.2, 0.25) is 9.84 Å². The summed E-state index contributed by atoms with van der Waals surface area (Å²) in [5.41, 5.74) is 1.77. The molecule has 112 valence electrons. The van der Waals surface area contributed by atoms with Gasteiger partial charge in [0.1, 0.15) is 10.8 Å². The molecule has 2 heterocycles. The second kappa shape index (κ2) is 5.22. The average Bonchev–Trinajstić information content (AvgIpc) is 2.83. The van der Waals surface area contributed by atoms with Gasteiger partial charge in [0.05, 0.1) is 0 Å². The fraction of sp³-hybridized carbons (Fsp3) is 0.545. The summed E-state index contributed by atoms with van der Waals surface area (Å²) >= 11 is 11.7. The molecule has 1 aromatic heterocycles. The normalized spacial score (nSPS) is 19.6. The quantitative estimate of drug-likeness (QED) is 0.912. The molecule has 1 aliphatic heterocycles. The van der Waals surface area contributed by atoms with E-state index >= 15 is 0 Å². The van der Waals surface area contributed by atoms with E-state index in [-0.39, 0.29) is 15.3 Å². The Morgan fingerprint density at radius 1 is 1.50 bits per heavy atom. The Morgan fingerprint density at radius 2 is 2.15 bits per heavy atom. The highest BCUT2D eigenvalue weighted by molar-refractivity contribution is 7.95. The molecule has 1 atom stereocenters. The SMILES string of the molecule is CCC(n1nc(Cl)cc1Cl)S(=O)(=O)C1=CC(C)(C)ON1. The molecule has 0 spiro atoms. The average molecular weight is 340 g/mol. The summed E-state index contributed by atoms with van der Waals surface area (Å²) < 4.78 is 26.5. The number of aromatic nitrogens is 2. The van der Waals surface area contributed by atoms with Crippen molar-refractivity contribution in [2.24, 2.45) is 0 Å². The molecule has 1 aromatic rings. The molecule has 20 heavy (non-hydrogen) atoms. The fourth-order valence-corrected chi connectivity index (χ4v) is 4.23. The highest BCUT2D eigenvalue weighted by Gasteiger charge is 2.37. The molecule has 6 nitrogen and oxygen atoms in total. The Bertz CT molecular complexity index is 652. The maximum absolute atomic E-state index is 12.6. The largest absolute Gasteiger partial charge is 0.265 e. The molecule has 0 saturated carbocycles. The van der Waals surface area contributed by atoms with Gasteiger partial charge in [0, 0.05) is 6.07 Å². The number of sulfone groups is 1. The third kappa shape index (κ3) is 2.81. The predicted molar refractivity (Wildman–Crippen MR) is 76.9 cm³/mol. The van der Waals surface area contributed by atoms with Crippen LogP contribution in [-0.4, -0.2) is 23.8 Å². The van der Waals surface area contributed by atoms with Gasteiger partial charge < -0.3 is 0 Å². The standard InChI is InChI=1S/C11H15Cl2N3O3S/c1-4-10(16-8(13)5-7(12)14-16)20(17,18)9-6-11(2,3)19-15-9/h5-6,10,15H,4H2,1-3H3. The molecule has 0 aliphatic carbocycles. The van der Waals surface area contributed by atoms with Crippen LogP contribution in [0.5, 0.6) is 0 Å². The number of hydrogen-bond acceptors (Lipinski definition) is 5. The summed E-state index contributed by atoms with van der Waals surface area (Å²) in [6.45, 7) is 5.23. The van der Waals surface area contributed by atoms with Crippen LogP contribution in [0.1, 0.15) is 32.6 Å². The van der Waals surface area contributed by atoms with Crippen LogP contribution >= 0.6 is 23.2 Å². The van der Waals surface area contributed by atoms with Crippen LogP contribution in [0.15, 0.2) is 17.2 Å². The smallest absolute Gasteiger partial charge is 0.218 e. The molecule has 0 fully saturated rings. The number of hydrogen-bond donors (Lipinski definition) is 1. The van der Waals surface area contributed by atoms with Gasteiger partial charge in [0.25, 0.3) is 0 Å². The van der Waals surface area contributed by atoms with E-state index in [1.54, 1.807) is 20.8 Å². The number of rotatable bonds is 4. The topological polar surface area (TPSA) is 73.2 Å². The molecular weight excluding hydrogens is 325 g/mol. The van der Waals surface area contributed by atoms with Crippen molar-refractivity contribution in [3.05, 3.63) is 27.5 Å². The lowest BCUT2D eigenvalue weighted by atomic mass is 10.1. The van der Waals surface area contributed by atoms with Crippen molar-refractivity contribution in [3.8, 4) is 0 Å². The van der Waals surface area contributed by atoms with Crippen molar-refractivity contribution in [1.29, 1.82) is 0 Å². The van der Waals surface area contributed by atoms with Gasteiger partial charge in [-0.15, -0.1) is 0 Å². The molecule has 0 saturated heterocycles. The Labute approximate surface area is 127 Å².